The fourth-order valence-corrected chi connectivity index (χ4v) is 7.14. The van der Waals surface area contributed by atoms with Gasteiger partial charge in [0, 0.05) is 16.4 Å². The first-order valence-electron chi connectivity index (χ1n) is 21.4. The number of ether oxygens (including phenoxy) is 4. The molecule has 0 aliphatic carbocycles. The molecule has 28 nitrogen and oxygen atoms in total. The molecule has 1 aliphatic heterocycles. The zero-order valence-corrected chi connectivity index (χ0v) is 40.2. The topological polar surface area (TPSA) is 363 Å². The molecule has 372 valence electrons. The third kappa shape index (κ3) is 10.4. The van der Waals surface area contributed by atoms with Crippen molar-refractivity contribution in [3.05, 3.63) is 98.8 Å². The van der Waals surface area contributed by atoms with Crippen LogP contribution in [0.5, 0.6) is 6.01 Å². The van der Waals surface area contributed by atoms with Gasteiger partial charge in [-0.05, 0) is 52.2 Å². The fourth-order valence-electron chi connectivity index (χ4n) is 7.14. The SMILES string of the molecule is [C-]#[N+]C1=[N+](N=Nc2c(C(C)(C)C)nn(-c3nc(O)nc(-n4nc(C(C)(C)C)c(N=Nc5c(C#N)cnn5-c5cc(COC=O)cc(C(=O)OC)c5)c4N)n3)c2N)C(c2cc(COC=O)cc(C(=O)OC)c2)N=C1. The molecule has 0 fully saturated rings. The number of hydrogen-bond donors (Lipinski definition) is 3. The first-order valence-corrected chi connectivity index (χ1v) is 21.4. The molecule has 1 aliphatic rings. The van der Waals surface area contributed by atoms with Crippen LogP contribution in [0, 0.1) is 17.9 Å². The number of benzene rings is 2. The molecule has 0 saturated heterocycles. The van der Waals surface area contributed by atoms with Crippen molar-refractivity contribution in [1.82, 2.24) is 44.3 Å². The van der Waals surface area contributed by atoms with Crippen LogP contribution in [0.3, 0.4) is 0 Å². The Morgan fingerprint density at radius 1 is 0.822 bits per heavy atom. The van der Waals surface area contributed by atoms with Gasteiger partial charge in [0.15, 0.2) is 28.8 Å². The van der Waals surface area contributed by atoms with E-state index in [-0.39, 0.29) is 106 Å². The number of nitriles is 1. The summed E-state index contributed by atoms with van der Waals surface area (Å²) >= 11 is 0. The quantitative estimate of drug-likeness (QED) is 0.0279. The number of esters is 2. The number of anilines is 2. The van der Waals surface area contributed by atoms with Crippen LogP contribution < -0.4 is 11.5 Å². The van der Waals surface area contributed by atoms with Gasteiger partial charge in [-0.1, -0.05) is 46.7 Å². The lowest BCUT2D eigenvalue weighted by Gasteiger charge is -2.15. The molecule has 5 N–H and O–H groups in total. The van der Waals surface area contributed by atoms with E-state index in [0.29, 0.717) is 16.7 Å². The highest BCUT2D eigenvalue weighted by Gasteiger charge is 2.36. The number of nitrogens with two attached hydrogens (primary N) is 2. The summed E-state index contributed by atoms with van der Waals surface area (Å²) in [4.78, 5) is 67.9. The van der Waals surface area contributed by atoms with Gasteiger partial charge in [0.25, 0.3) is 31.0 Å². The lowest BCUT2D eigenvalue weighted by Crippen LogP contribution is -2.16. The van der Waals surface area contributed by atoms with Gasteiger partial charge in [0.2, 0.25) is 0 Å². The molecule has 4 aromatic heterocycles. The highest BCUT2D eigenvalue weighted by atomic mass is 16.5. The number of azo groups is 1. The van der Waals surface area contributed by atoms with Gasteiger partial charge >= 0.3 is 23.8 Å². The van der Waals surface area contributed by atoms with Gasteiger partial charge in [0.05, 0.1) is 48.6 Å². The van der Waals surface area contributed by atoms with Gasteiger partial charge in [-0.15, -0.1) is 10.2 Å². The number of amidine groups is 1. The summed E-state index contributed by atoms with van der Waals surface area (Å²) in [5.41, 5.74) is 14.2. The monoisotopic (exact) mass is 994 g/mol. The molecule has 0 saturated carbocycles. The second-order valence-electron chi connectivity index (χ2n) is 17.6. The Morgan fingerprint density at radius 3 is 1.89 bits per heavy atom. The number of rotatable bonds is 16. The van der Waals surface area contributed by atoms with Crippen molar-refractivity contribution in [3.63, 3.8) is 0 Å². The van der Waals surface area contributed by atoms with E-state index in [1.165, 1.54) is 60.3 Å². The number of nitrogens with zero attached hydrogens (tertiary/aromatic N) is 17. The normalized spacial score (nSPS) is 13.6. The largest absolute Gasteiger partial charge is 0.479 e. The third-order valence-electron chi connectivity index (χ3n) is 10.5. The summed E-state index contributed by atoms with van der Waals surface area (Å²) < 4.78 is 24.3. The molecule has 28 heteroatoms. The lowest BCUT2D eigenvalue weighted by atomic mass is 9.91. The maximum Gasteiger partial charge on any atom is 0.465 e. The van der Waals surface area contributed by atoms with E-state index in [2.05, 4.69) is 60.7 Å². The Bertz CT molecular complexity index is 3410. The van der Waals surface area contributed by atoms with Crippen molar-refractivity contribution in [2.24, 2.45) is 25.6 Å². The van der Waals surface area contributed by atoms with Crippen molar-refractivity contribution >= 4 is 65.8 Å². The maximum absolute atomic E-state index is 12.6. The minimum Gasteiger partial charge on any atom is -0.479 e. The lowest BCUT2D eigenvalue weighted by molar-refractivity contribution is -0.578. The third-order valence-corrected chi connectivity index (χ3v) is 10.5. The Kier molecular flexibility index (Phi) is 14.2. The molecule has 2 aromatic carbocycles. The average Bonchev–Trinajstić information content (AvgIpc) is 4.15. The summed E-state index contributed by atoms with van der Waals surface area (Å²) in [5, 5.41) is 52.5. The fraction of sp³-hybridized carbons (Fsp3) is 0.289. The van der Waals surface area contributed by atoms with Crippen LogP contribution in [0.15, 0.2) is 68.2 Å². The summed E-state index contributed by atoms with van der Waals surface area (Å²) in [6, 6.07) is 10.3. The Hall–Kier alpha value is -10.1. The zero-order chi connectivity index (χ0) is 52.9. The smallest absolute Gasteiger partial charge is 0.465 e. The molecular formula is C45H44N19O9+. The van der Waals surface area contributed by atoms with E-state index in [9.17, 15) is 29.5 Å². The highest BCUT2D eigenvalue weighted by Crippen LogP contribution is 2.40. The Balaban J connectivity index is 1.30. The highest BCUT2D eigenvalue weighted by molar-refractivity contribution is 6.32. The van der Waals surface area contributed by atoms with Crippen molar-refractivity contribution in [2.75, 3.05) is 25.7 Å². The first kappa shape index (κ1) is 50.7. The predicted molar refractivity (Wildman–Crippen MR) is 253 cm³/mol. The molecule has 6 aromatic rings. The van der Waals surface area contributed by atoms with E-state index in [1.807, 2.05) is 47.6 Å². The van der Waals surface area contributed by atoms with Crippen LogP contribution in [0.4, 0.5) is 28.8 Å². The molecular weight excluding hydrogens is 951 g/mol. The van der Waals surface area contributed by atoms with Crippen LogP contribution in [-0.2, 0) is 52.6 Å². The second-order valence-corrected chi connectivity index (χ2v) is 17.6. The van der Waals surface area contributed by atoms with Crippen LogP contribution in [-0.4, -0.2) is 105 Å². The van der Waals surface area contributed by atoms with Gasteiger partial charge in [0.1, 0.15) is 42.9 Å². The zero-order valence-electron chi connectivity index (χ0n) is 40.2. The number of hydrogen-bond acceptors (Lipinski definition) is 23. The van der Waals surface area contributed by atoms with Crippen molar-refractivity contribution in [2.45, 2.75) is 71.8 Å². The van der Waals surface area contributed by atoms with E-state index >= 15 is 0 Å². The van der Waals surface area contributed by atoms with Gasteiger partial charge in [-0.3, -0.25) is 9.59 Å². The van der Waals surface area contributed by atoms with Crippen molar-refractivity contribution < 1.29 is 47.9 Å². The predicted octanol–water partition coefficient (Wildman–Crippen LogP) is 5.21. The minimum absolute atomic E-state index is 0.0148. The summed E-state index contributed by atoms with van der Waals surface area (Å²) in [7, 11) is 2.42. The van der Waals surface area contributed by atoms with E-state index in [1.54, 1.807) is 12.1 Å². The molecule has 0 bridgehead atoms. The standard InChI is InChI=1S/C45H43N19O9/c1-44(2,3)33-31(55-57-38-28(16-46)17-51-61(38)29-13-24(20-73-22-66)12-27(15-29)40(68)71-9)35(47)63(58-33)41-52-42(54-43(69)53-41)64-36(48)32(34(59-64)45(4,5)6)56-60-62-30(49-7)18-50-37(62)25-10-23(19-72-21-65)11-26(14-25)39(67)70-8/h10-15,17-18,21-22,37H,19-20H2,1-6,8-9H3,(H4-,47,48,50,51,52,53,54,57,58,59,60,69)/p+1. The van der Waals surface area contributed by atoms with E-state index < -0.39 is 34.9 Å². The minimum atomic E-state index is -1.02. The number of aromatic nitrogens is 9. The van der Waals surface area contributed by atoms with E-state index in [0.717, 1.165) is 9.36 Å². The molecule has 1 atom stereocenters. The number of carbonyl (C=O) groups is 4. The van der Waals surface area contributed by atoms with Crippen molar-refractivity contribution in [1.29, 1.82) is 5.26 Å². The maximum atomic E-state index is 12.6. The van der Waals surface area contributed by atoms with Crippen LogP contribution >= 0.6 is 0 Å². The second kappa shape index (κ2) is 20.5. The number of aliphatic imine (C=N–C) groups is 1. The number of nitrogen functional groups attached to an aromatic ring is 2. The van der Waals surface area contributed by atoms with Gasteiger partial charge in [-0.25, -0.2) is 19.3 Å². The van der Waals surface area contributed by atoms with Crippen LogP contribution in [0.25, 0.3) is 22.4 Å². The van der Waals surface area contributed by atoms with E-state index in [4.69, 9.17) is 37.0 Å². The number of methoxy groups -OCH3 is 2. The molecule has 7 rings (SSSR count). The van der Waals surface area contributed by atoms with Crippen LogP contribution in [0.2, 0.25) is 0 Å². The summed E-state index contributed by atoms with van der Waals surface area (Å²) in [5.74, 6) is -2.42. The molecule has 1 unspecified atom stereocenters. The molecule has 0 radical (unpaired) electrons. The van der Waals surface area contributed by atoms with Crippen molar-refractivity contribution in [3.8, 4) is 29.7 Å². The molecule has 5 heterocycles. The molecule has 0 spiro atoms. The molecule has 0 amide bonds. The van der Waals surface area contributed by atoms with Crippen LogP contribution in [0.1, 0.15) is 102 Å². The van der Waals surface area contributed by atoms with Gasteiger partial charge in [-0.2, -0.15) is 49.7 Å². The summed E-state index contributed by atoms with van der Waals surface area (Å²) in [6.07, 6.45) is 1.51. The summed E-state index contributed by atoms with van der Waals surface area (Å²) in [6.45, 7) is 19.0. The Labute approximate surface area is 413 Å². The average molecular weight is 995 g/mol. The molecule has 73 heavy (non-hydrogen) atoms. The number of aromatic hydroxyl groups is 1. The first-order chi connectivity index (χ1) is 34.7. The van der Waals surface area contributed by atoms with Gasteiger partial charge < -0.3 is 35.5 Å². The Morgan fingerprint density at radius 2 is 1.37 bits per heavy atom. The number of carbonyl (C=O) groups excluding carboxylic acids is 4.